The van der Waals surface area contributed by atoms with Gasteiger partial charge in [0.1, 0.15) is 6.04 Å². The molecule has 1 saturated heterocycles. The number of carboxylic acid groups (broad SMARTS) is 1. The Bertz CT molecular complexity index is 497. The van der Waals surface area contributed by atoms with Gasteiger partial charge in [-0.25, -0.2) is 4.79 Å². The molecule has 0 unspecified atom stereocenters. The Labute approximate surface area is 117 Å². The molecule has 0 aliphatic carbocycles. The summed E-state index contributed by atoms with van der Waals surface area (Å²) in [5.41, 5.74) is 2.21. The van der Waals surface area contributed by atoms with Crippen LogP contribution in [0.2, 0.25) is 0 Å². The number of hydrogen-bond donors (Lipinski definition) is 2. The number of hydrogen-bond acceptors (Lipinski definition) is 3. The number of β-amino-alcohol motifs (C(OH)–C–C–N with tert-alkyl or cyclic N) is 1. The maximum atomic E-state index is 12.1. The van der Waals surface area contributed by atoms with Gasteiger partial charge in [0.15, 0.2) is 0 Å². The Kier molecular flexibility index (Phi) is 4.39. The average molecular weight is 277 g/mol. The standard InChI is InChI=1S/C15H19NO4/c1-10-2-4-11(5-3-10)6-7-14(18)16-9-12(17)8-13(16)15(19)20/h2-5,12-13,17H,6-9H2,1H3,(H,19,20)/t12-,13-/m1/s1. The van der Waals surface area contributed by atoms with Crippen LogP contribution in [0.5, 0.6) is 0 Å². The van der Waals surface area contributed by atoms with Gasteiger partial charge in [0, 0.05) is 19.4 Å². The Morgan fingerprint density at radius 2 is 1.95 bits per heavy atom. The molecule has 2 atom stereocenters. The minimum absolute atomic E-state index is 0.115. The summed E-state index contributed by atoms with van der Waals surface area (Å²) < 4.78 is 0. The Morgan fingerprint density at radius 1 is 1.30 bits per heavy atom. The molecular formula is C15H19NO4. The highest BCUT2D eigenvalue weighted by molar-refractivity contribution is 5.84. The van der Waals surface area contributed by atoms with E-state index in [1.54, 1.807) is 0 Å². The predicted molar refractivity (Wildman–Crippen MR) is 73.3 cm³/mol. The van der Waals surface area contributed by atoms with Crippen LogP contribution in [0.15, 0.2) is 24.3 Å². The molecule has 1 aromatic rings. The molecule has 1 amide bonds. The average Bonchev–Trinajstić information content (AvgIpc) is 2.80. The van der Waals surface area contributed by atoms with E-state index in [1.807, 2.05) is 31.2 Å². The number of aliphatic carboxylic acids is 1. The first kappa shape index (κ1) is 14.5. The van der Waals surface area contributed by atoms with Crippen LogP contribution in [-0.4, -0.2) is 45.7 Å². The van der Waals surface area contributed by atoms with Gasteiger partial charge in [-0.15, -0.1) is 0 Å². The van der Waals surface area contributed by atoms with Gasteiger partial charge < -0.3 is 15.1 Å². The normalized spacial score (nSPS) is 22.0. The minimum atomic E-state index is -1.05. The fourth-order valence-electron chi connectivity index (χ4n) is 2.47. The first-order valence-electron chi connectivity index (χ1n) is 6.73. The fourth-order valence-corrected chi connectivity index (χ4v) is 2.47. The number of likely N-dealkylation sites (tertiary alicyclic amines) is 1. The van der Waals surface area contributed by atoms with Crippen LogP contribution in [0.25, 0.3) is 0 Å². The number of carboxylic acids is 1. The van der Waals surface area contributed by atoms with E-state index in [0.29, 0.717) is 6.42 Å². The molecule has 0 spiro atoms. The van der Waals surface area contributed by atoms with Crippen molar-refractivity contribution in [3.05, 3.63) is 35.4 Å². The van der Waals surface area contributed by atoms with E-state index in [4.69, 9.17) is 5.11 Å². The van der Waals surface area contributed by atoms with Crippen molar-refractivity contribution in [1.82, 2.24) is 4.90 Å². The number of rotatable bonds is 4. The first-order valence-corrected chi connectivity index (χ1v) is 6.73. The largest absolute Gasteiger partial charge is 0.480 e. The summed E-state index contributed by atoms with van der Waals surface area (Å²) in [5, 5.41) is 18.6. The number of aliphatic hydroxyl groups is 1. The molecule has 0 saturated carbocycles. The Morgan fingerprint density at radius 3 is 2.55 bits per heavy atom. The first-order chi connectivity index (χ1) is 9.47. The number of carbonyl (C=O) groups excluding carboxylic acids is 1. The van der Waals surface area contributed by atoms with Gasteiger partial charge in [0.2, 0.25) is 5.91 Å². The van der Waals surface area contributed by atoms with Crippen molar-refractivity contribution in [2.45, 2.75) is 38.3 Å². The molecule has 2 rings (SSSR count). The molecule has 2 N–H and O–H groups in total. The van der Waals surface area contributed by atoms with Crippen LogP contribution in [-0.2, 0) is 16.0 Å². The molecule has 0 bridgehead atoms. The van der Waals surface area contributed by atoms with Crippen molar-refractivity contribution in [1.29, 1.82) is 0 Å². The third-order valence-corrected chi connectivity index (χ3v) is 3.63. The number of amides is 1. The van der Waals surface area contributed by atoms with Crippen LogP contribution in [0.1, 0.15) is 24.0 Å². The number of aryl methyl sites for hydroxylation is 2. The van der Waals surface area contributed by atoms with E-state index in [2.05, 4.69) is 0 Å². The van der Waals surface area contributed by atoms with Crippen molar-refractivity contribution < 1.29 is 19.8 Å². The highest BCUT2D eigenvalue weighted by atomic mass is 16.4. The van der Waals surface area contributed by atoms with Crippen molar-refractivity contribution in [2.24, 2.45) is 0 Å². The molecule has 20 heavy (non-hydrogen) atoms. The van der Waals surface area contributed by atoms with Crippen molar-refractivity contribution in [3.8, 4) is 0 Å². The second-order valence-corrected chi connectivity index (χ2v) is 5.28. The molecule has 5 heteroatoms. The van der Waals surface area contributed by atoms with Gasteiger partial charge in [-0.3, -0.25) is 4.79 Å². The van der Waals surface area contributed by atoms with Crippen LogP contribution in [0.4, 0.5) is 0 Å². The van der Waals surface area contributed by atoms with E-state index in [-0.39, 0.29) is 25.3 Å². The highest BCUT2D eigenvalue weighted by Crippen LogP contribution is 2.20. The zero-order valence-corrected chi connectivity index (χ0v) is 11.5. The third kappa shape index (κ3) is 3.36. The molecule has 108 valence electrons. The smallest absolute Gasteiger partial charge is 0.326 e. The predicted octanol–water partition coefficient (Wildman–Crippen LogP) is 0.974. The number of nitrogens with zero attached hydrogens (tertiary/aromatic N) is 1. The lowest BCUT2D eigenvalue weighted by atomic mass is 10.1. The lowest BCUT2D eigenvalue weighted by molar-refractivity contribution is -0.148. The molecule has 5 nitrogen and oxygen atoms in total. The molecule has 0 radical (unpaired) electrons. The second-order valence-electron chi connectivity index (χ2n) is 5.28. The van der Waals surface area contributed by atoms with Crippen molar-refractivity contribution in [2.75, 3.05) is 6.54 Å². The quantitative estimate of drug-likeness (QED) is 0.859. The number of benzene rings is 1. The van der Waals surface area contributed by atoms with Crippen LogP contribution >= 0.6 is 0 Å². The fraction of sp³-hybridized carbons (Fsp3) is 0.467. The highest BCUT2D eigenvalue weighted by Gasteiger charge is 2.38. The van der Waals surface area contributed by atoms with E-state index in [1.165, 1.54) is 4.90 Å². The van der Waals surface area contributed by atoms with Gasteiger partial charge in [0.25, 0.3) is 0 Å². The molecule has 1 heterocycles. The maximum absolute atomic E-state index is 12.1. The lowest BCUT2D eigenvalue weighted by Gasteiger charge is -2.21. The Balaban J connectivity index is 1.94. The van der Waals surface area contributed by atoms with Gasteiger partial charge in [-0.2, -0.15) is 0 Å². The summed E-state index contributed by atoms with van der Waals surface area (Å²) >= 11 is 0. The van der Waals surface area contributed by atoms with E-state index < -0.39 is 18.1 Å². The molecule has 1 aliphatic rings. The zero-order valence-electron chi connectivity index (χ0n) is 11.5. The Hall–Kier alpha value is -1.88. The second kappa shape index (κ2) is 6.05. The molecule has 0 aromatic heterocycles. The van der Waals surface area contributed by atoms with Gasteiger partial charge >= 0.3 is 5.97 Å². The summed E-state index contributed by atoms with van der Waals surface area (Å²) in [6.07, 6.45) is 0.225. The molecule has 1 aromatic carbocycles. The van der Waals surface area contributed by atoms with Crippen LogP contribution in [0.3, 0.4) is 0 Å². The summed E-state index contributed by atoms with van der Waals surface area (Å²) in [6.45, 7) is 2.11. The summed E-state index contributed by atoms with van der Waals surface area (Å²) in [7, 11) is 0. The van der Waals surface area contributed by atoms with Gasteiger partial charge in [-0.1, -0.05) is 29.8 Å². The summed E-state index contributed by atoms with van der Waals surface area (Å²) in [5.74, 6) is -1.26. The maximum Gasteiger partial charge on any atom is 0.326 e. The van der Waals surface area contributed by atoms with Gasteiger partial charge in [0.05, 0.1) is 6.10 Å². The monoisotopic (exact) mass is 277 g/mol. The lowest BCUT2D eigenvalue weighted by Crippen LogP contribution is -2.40. The van der Waals surface area contributed by atoms with Crippen LogP contribution in [0, 0.1) is 6.92 Å². The zero-order chi connectivity index (χ0) is 14.7. The number of carbonyl (C=O) groups is 2. The van der Waals surface area contributed by atoms with Crippen LogP contribution < -0.4 is 0 Å². The van der Waals surface area contributed by atoms with Gasteiger partial charge in [-0.05, 0) is 18.9 Å². The SMILES string of the molecule is Cc1ccc(CCC(=O)N2C[C@H](O)C[C@@H]2C(=O)O)cc1. The number of aliphatic hydroxyl groups excluding tert-OH is 1. The summed E-state index contributed by atoms with van der Waals surface area (Å²) in [4.78, 5) is 24.4. The van der Waals surface area contributed by atoms with E-state index >= 15 is 0 Å². The topological polar surface area (TPSA) is 77.8 Å². The third-order valence-electron chi connectivity index (χ3n) is 3.63. The van der Waals surface area contributed by atoms with E-state index in [9.17, 15) is 14.7 Å². The van der Waals surface area contributed by atoms with E-state index in [0.717, 1.165) is 11.1 Å². The summed E-state index contributed by atoms with van der Waals surface area (Å²) in [6, 6.07) is 7.01. The molecule has 1 aliphatic heterocycles. The molecular weight excluding hydrogens is 258 g/mol. The van der Waals surface area contributed by atoms with Crippen molar-refractivity contribution in [3.63, 3.8) is 0 Å². The minimum Gasteiger partial charge on any atom is -0.480 e. The van der Waals surface area contributed by atoms with Crippen molar-refractivity contribution >= 4 is 11.9 Å². The molecule has 1 fully saturated rings.